The maximum Gasteiger partial charge on any atom is 0.329 e. The number of ether oxygens (including phenoxy) is 1. The zero-order valence-corrected chi connectivity index (χ0v) is 17.9. The summed E-state index contributed by atoms with van der Waals surface area (Å²) in [6.07, 6.45) is 0.252. The average molecular weight is 410 g/mol. The molecule has 1 aliphatic heterocycles. The average Bonchev–Trinajstić information content (AvgIpc) is 3.12. The molecule has 1 aliphatic rings. The van der Waals surface area contributed by atoms with Crippen molar-refractivity contribution in [2.75, 3.05) is 6.61 Å². The zero-order valence-electron chi connectivity index (χ0n) is 17.9. The van der Waals surface area contributed by atoms with E-state index < -0.39 is 30.4 Å². The molecule has 158 valence electrons. The summed E-state index contributed by atoms with van der Waals surface area (Å²) in [4.78, 5) is 52.0. The topological polar surface area (TPSA) is 85.7 Å². The van der Waals surface area contributed by atoms with Gasteiger partial charge in [0, 0.05) is 24.0 Å². The Morgan fingerprint density at radius 2 is 1.60 bits per heavy atom. The minimum absolute atomic E-state index is 0.0292. The summed E-state index contributed by atoms with van der Waals surface area (Å²) >= 11 is 0. The van der Waals surface area contributed by atoms with Gasteiger partial charge >= 0.3 is 5.97 Å². The Morgan fingerprint density at radius 3 is 2.07 bits per heavy atom. The summed E-state index contributed by atoms with van der Waals surface area (Å²) in [6.45, 7) is 7.04. The standard InChI is InChI=1S/C23H26N2O5/c1-13(2)10-19(25-21(27)16-8-6-7-9-17(16)22(25)28)23(29)30-12-20(26)18-11-14(3)24(5)15(18)4/h6-9,11,13,19H,10,12H2,1-5H3/t19-/m0/s1. The predicted octanol–water partition coefficient (Wildman–Crippen LogP) is 3.08. The van der Waals surface area contributed by atoms with E-state index in [1.165, 1.54) is 0 Å². The number of hydrogen-bond donors (Lipinski definition) is 0. The molecule has 1 atom stereocenters. The van der Waals surface area contributed by atoms with Crippen molar-refractivity contribution >= 4 is 23.6 Å². The molecule has 0 unspecified atom stereocenters. The molecule has 0 N–H and O–H groups in total. The SMILES string of the molecule is Cc1cc(C(=O)COC(=O)[C@H](CC(C)C)N2C(=O)c3ccccc3C2=O)c(C)n1C. The third-order valence-corrected chi connectivity index (χ3v) is 5.53. The molecule has 3 rings (SSSR count). The van der Waals surface area contributed by atoms with Crippen LogP contribution >= 0.6 is 0 Å². The molecule has 7 nitrogen and oxygen atoms in total. The molecule has 0 fully saturated rings. The molecule has 0 spiro atoms. The van der Waals surface area contributed by atoms with Gasteiger partial charge < -0.3 is 9.30 Å². The summed E-state index contributed by atoms with van der Waals surface area (Å²) in [5.41, 5.74) is 2.74. The van der Waals surface area contributed by atoms with Crippen molar-refractivity contribution in [1.29, 1.82) is 0 Å². The van der Waals surface area contributed by atoms with Gasteiger partial charge in [0.25, 0.3) is 11.8 Å². The summed E-state index contributed by atoms with van der Waals surface area (Å²) in [5, 5.41) is 0. The molecule has 2 amide bonds. The largest absolute Gasteiger partial charge is 0.456 e. The number of esters is 1. The lowest BCUT2D eigenvalue weighted by atomic mass is 10.0. The van der Waals surface area contributed by atoms with Crippen LogP contribution in [0.4, 0.5) is 0 Å². The van der Waals surface area contributed by atoms with Crippen LogP contribution in [0.2, 0.25) is 0 Å². The van der Waals surface area contributed by atoms with Crippen molar-refractivity contribution in [3.8, 4) is 0 Å². The number of fused-ring (bicyclic) bond motifs is 1. The van der Waals surface area contributed by atoms with Gasteiger partial charge in [0.15, 0.2) is 6.61 Å². The van der Waals surface area contributed by atoms with E-state index in [9.17, 15) is 19.2 Å². The van der Waals surface area contributed by atoms with Crippen LogP contribution in [0.3, 0.4) is 0 Å². The van der Waals surface area contributed by atoms with Crippen molar-refractivity contribution in [1.82, 2.24) is 9.47 Å². The number of nitrogens with zero attached hydrogens (tertiary/aromatic N) is 2. The highest BCUT2D eigenvalue weighted by Crippen LogP contribution is 2.27. The quantitative estimate of drug-likeness (QED) is 0.398. The van der Waals surface area contributed by atoms with Gasteiger partial charge in [-0.2, -0.15) is 0 Å². The van der Waals surface area contributed by atoms with E-state index >= 15 is 0 Å². The lowest BCUT2D eigenvalue weighted by molar-refractivity contribution is -0.147. The van der Waals surface area contributed by atoms with E-state index in [-0.39, 0.29) is 29.2 Å². The minimum Gasteiger partial charge on any atom is -0.456 e. The van der Waals surface area contributed by atoms with Crippen LogP contribution in [-0.2, 0) is 16.6 Å². The molecule has 1 aromatic heterocycles. The first kappa shape index (κ1) is 21.5. The maximum atomic E-state index is 12.9. The van der Waals surface area contributed by atoms with Crippen LogP contribution in [0.5, 0.6) is 0 Å². The molecular weight excluding hydrogens is 384 g/mol. The van der Waals surface area contributed by atoms with Crippen molar-refractivity contribution in [2.45, 2.75) is 40.2 Å². The Labute approximate surface area is 175 Å². The second-order valence-corrected chi connectivity index (χ2v) is 8.05. The van der Waals surface area contributed by atoms with Crippen LogP contribution in [0.15, 0.2) is 30.3 Å². The third kappa shape index (κ3) is 3.79. The van der Waals surface area contributed by atoms with E-state index in [0.717, 1.165) is 16.3 Å². The number of rotatable bonds is 7. The summed E-state index contributed by atoms with van der Waals surface area (Å²) in [6, 6.07) is 7.15. The predicted molar refractivity (Wildman–Crippen MR) is 110 cm³/mol. The Bertz CT molecular complexity index is 999. The third-order valence-electron chi connectivity index (χ3n) is 5.53. The van der Waals surface area contributed by atoms with Crippen LogP contribution in [0.1, 0.15) is 62.7 Å². The van der Waals surface area contributed by atoms with Crippen LogP contribution in [-0.4, -0.2) is 45.7 Å². The highest BCUT2D eigenvalue weighted by molar-refractivity contribution is 6.22. The molecule has 2 aromatic rings. The van der Waals surface area contributed by atoms with Crippen molar-refractivity contribution < 1.29 is 23.9 Å². The Balaban J connectivity index is 1.78. The number of carbonyl (C=O) groups excluding carboxylic acids is 4. The Kier molecular flexibility index (Phi) is 5.92. The lowest BCUT2D eigenvalue weighted by Crippen LogP contribution is -2.46. The zero-order chi connectivity index (χ0) is 22.2. The fourth-order valence-electron chi connectivity index (χ4n) is 3.69. The van der Waals surface area contributed by atoms with Gasteiger partial charge in [-0.1, -0.05) is 26.0 Å². The summed E-state index contributed by atoms with van der Waals surface area (Å²) in [5.74, 6) is -2.08. The number of hydrogen-bond acceptors (Lipinski definition) is 5. The first-order valence-electron chi connectivity index (χ1n) is 9.93. The van der Waals surface area contributed by atoms with E-state index in [1.807, 2.05) is 39.3 Å². The number of aryl methyl sites for hydroxylation is 1. The van der Waals surface area contributed by atoms with Crippen molar-refractivity contribution in [3.05, 3.63) is 58.4 Å². The number of imide groups is 1. The maximum absolute atomic E-state index is 12.9. The number of benzene rings is 1. The number of ketones is 1. The van der Waals surface area contributed by atoms with Gasteiger partial charge in [0.1, 0.15) is 6.04 Å². The molecule has 0 aliphatic carbocycles. The molecular formula is C23H26N2O5. The number of carbonyl (C=O) groups is 4. The van der Waals surface area contributed by atoms with Gasteiger partial charge in [-0.15, -0.1) is 0 Å². The van der Waals surface area contributed by atoms with Gasteiger partial charge in [-0.25, -0.2) is 4.79 Å². The fourth-order valence-corrected chi connectivity index (χ4v) is 3.69. The van der Waals surface area contributed by atoms with E-state index in [0.29, 0.717) is 5.56 Å². The molecule has 0 radical (unpaired) electrons. The molecule has 1 aromatic carbocycles. The van der Waals surface area contributed by atoms with Gasteiger partial charge in [-0.3, -0.25) is 19.3 Å². The highest BCUT2D eigenvalue weighted by atomic mass is 16.5. The first-order chi connectivity index (χ1) is 14.1. The van der Waals surface area contributed by atoms with Gasteiger partial charge in [0.05, 0.1) is 11.1 Å². The van der Waals surface area contributed by atoms with Gasteiger partial charge in [-0.05, 0) is 44.4 Å². The Hall–Kier alpha value is -3.22. The minimum atomic E-state index is -1.08. The van der Waals surface area contributed by atoms with Crippen molar-refractivity contribution in [3.63, 3.8) is 0 Å². The summed E-state index contributed by atoms with van der Waals surface area (Å²) in [7, 11) is 1.86. The first-order valence-corrected chi connectivity index (χ1v) is 9.93. The Morgan fingerprint density at radius 1 is 1.03 bits per heavy atom. The fraction of sp³-hybridized carbons (Fsp3) is 0.391. The van der Waals surface area contributed by atoms with Crippen LogP contribution in [0.25, 0.3) is 0 Å². The normalized spacial score (nSPS) is 14.3. The van der Waals surface area contributed by atoms with E-state index in [2.05, 4.69) is 0 Å². The van der Waals surface area contributed by atoms with E-state index in [1.54, 1.807) is 30.3 Å². The second-order valence-electron chi connectivity index (χ2n) is 8.05. The molecule has 2 heterocycles. The summed E-state index contributed by atoms with van der Waals surface area (Å²) < 4.78 is 7.17. The second kappa shape index (κ2) is 8.26. The molecule has 7 heteroatoms. The van der Waals surface area contributed by atoms with Crippen molar-refractivity contribution in [2.24, 2.45) is 13.0 Å². The van der Waals surface area contributed by atoms with Gasteiger partial charge in [0.2, 0.25) is 5.78 Å². The molecule has 0 saturated heterocycles. The lowest BCUT2D eigenvalue weighted by Gasteiger charge is -2.25. The number of aromatic nitrogens is 1. The van der Waals surface area contributed by atoms with E-state index in [4.69, 9.17) is 4.74 Å². The molecule has 0 saturated carbocycles. The monoisotopic (exact) mass is 410 g/mol. The number of Topliss-reactive ketones (excluding diaryl/α,β-unsaturated/α-hetero) is 1. The number of amides is 2. The van der Waals surface area contributed by atoms with Crippen LogP contribution in [0, 0.1) is 19.8 Å². The highest BCUT2D eigenvalue weighted by Gasteiger charge is 2.43. The van der Waals surface area contributed by atoms with Crippen LogP contribution < -0.4 is 0 Å². The molecule has 30 heavy (non-hydrogen) atoms. The molecule has 0 bridgehead atoms. The smallest absolute Gasteiger partial charge is 0.329 e.